The summed E-state index contributed by atoms with van der Waals surface area (Å²) >= 11 is 0. The zero-order valence-electron chi connectivity index (χ0n) is 9.34. The lowest BCUT2D eigenvalue weighted by Gasteiger charge is -2.35. The number of hydrogen-bond donors (Lipinski definition) is 1. The molecular formula is C11H24N2. The van der Waals surface area contributed by atoms with Gasteiger partial charge in [0.25, 0.3) is 0 Å². The maximum Gasteiger partial charge on any atom is 0.0192 e. The van der Waals surface area contributed by atoms with Gasteiger partial charge >= 0.3 is 0 Å². The summed E-state index contributed by atoms with van der Waals surface area (Å²) in [5.74, 6) is 0.998. The fourth-order valence-corrected chi connectivity index (χ4v) is 2.23. The van der Waals surface area contributed by atoms with Gasteiger partial charge in [0.2, 0.25) is 0 Å². The molecule has 2 heteroatoms. The largest absolute Gasteiger partial charge is 0.318 e. The molecule has 1 atom stereocenters. The Balaban J connectivity index is 2.23. The molecule has 0 spiro atoms. The van der Waals surface area contributed by atoms with E-state index in [0.29, 0.717) is 6.04 Å². The standard InChI is InChI=1S/C11H24N2/c1-4-11-5-7-13(8-6-11)10(2)9-12-3/h10-12H,4-9H2,1-3H3. The molecule has 1 aliphatic heterocycles. The van der Waals surface area contributed by atoms with E-state index in [2.05, 4.69) is 24.1 Å². The molecular weight excluding hydrogens is 160 g/mol. The number of likely N-dealkylation sites (N-methyl/N-ethyl adjacent to an activating group) is 1. The van der Waals surface area contributed by atoms with Crippen LogP contribution >= 0.6 is 0 Å². The lowest BCUT2D eigenvalue weighted by molar-refractivity contribution is 0.138. The predicted molar refractivity (Wildman–Crippen MR) is 58.0 cm³/mol. The summed E-state index contributed by atoms with van der Waals surface area (Å²) in [5.41, 5.74) is 0. The van der Waals surface area contributed by atoms with Gasteiger partial charge in [0.15, 0.2) is 0 Å². The smallest absolute Gasteiger partial charge is 0.0192 e. The highest BCUT2D eigenvalue weighted by Gasteiger charge is 2.20. The van der Waals surface area contributed by atoms with Crippen molar-refractivity contribution in [3.05, 3.63) is 0 Å². The van der Waals surface area contributed by atoms with Gasteiger partial charge in [-0.05, 0) is 45.8 Å². The van der Waals surface area contributed by atoms with Gasteiger partial charge in [-0.2, -0.15) is 0 Å². The number of piperidine rings is 1. The Kier molecular flexibility index (Phi) is 4.74. The number of likely N-dealkylation sites (tertiary alicyclic amines) is 1. The molecule has 1 N–H and O–H groups in total. The van der Waals surface area contributed by atoms with Crippen molar-refractivity contribution in [2.75, 3.05) is 26.7 Å². The van der Waals surface area contributed by atoms with Crippen molar-refractivity contribution in [3.8, 4) is 0 Å². The van der Waals surface area contributed by atoms with Crippen LogP contribution in [-0.4, -0.2) is 37.6 Å². The number of nitrogens with zero attached hydrogens (tertiary/aromatic N) is 1. The van der Waals surface area contributed by atoms with E-state index in [0.717, 1.165) is 12.5 Å². The maximum atomic E-state index is 3.25. The Hall–Kier alpha value is -0.0800. The molecule has 0 amide bonds. The average Bonchev–Trinajstić information content (AvgIpc) is 2.18. The molecule has 0 saturated carbocycles. The second-order valence-electron chi connectivity index (χ2n) is 4.29. The molecule has 1 rings (SSSR count). The quantitative estimate of drug-likeness (QED) is 0.715. The van der Waals surface area contributed by atoms with E-state index in [9.17, 15) is 0 Å². The first-order valence-corrected chi connectivity index (χ1v) is 5.66. The third kappa shape index (κ3) is 3.28. The van der Waals surface area contributed by atoms with Crippen LogP contribution < -0.4 is 5.32 Å². The van der Waals surface area contributed by atoms with E-state index in [1.54, 1.807) is 0 Å². The highest BCUT2D eigenvalue weighted by Crippen LogP contribution is 2.20. The zero-order chi connectivity index (χ0) is 9.68. The molecule has 2 nitrogen and oxygen atoms in total. The predicted octanol–water partition coefficient (Wildman–Crippen LogP) is 1.72. The second-order valence-corrected chi connectivity index (χ2v) is 4.29. The summed E-state index contributed by atoms with van der Waals surface area (Å²) in [6.07, 6.45) is 4.18. The Morgan fingerprint density at radius 3 is 2.46 bits per heavy atom. The fraction of sp³-hybridized carbons (Fsp3) is 1.00. The van der Waals surface area contributed by atoms with Crippen LogP contribution in [0.2, 0.25) is 0 Å². The summed E-state index contributed by atoms with van der Waals surface area (Å²) in [4.78, 5) is 2.61. The van der Waals surface area contributed by atoms with Gasteiger partial charge in [-0.3, -0.25) is 4.90 Å². The van der Waals surface area contributed by atoms with Crippen molar-refractivity contribution in [2.45, 2.75) is 39.2 Å². The van der Waals surface area contributed by atoms with E-state index in [1.807, 2.05) is 7.05 Å². The molecule has 0 aromatic carbocycles. The first-order valence-electron chi connectivity index (χ1n) is 5.66. The molecule has 1 heterocycles. The van der Waals surface area contributed by atoms with Crippen LogP contribution in [-0.2, 0) is 0 Å². The van der Waals surface area contributed by atoms with E-state index in [-0.39, 0.29) is 0 Å². The Morgan fingerprint density at radius 2 is 2.00 bits per heavy atom. The summed E-state index contributed by atoms with van der Waals surface area (Å²) in [5, 5.41) is 3.25. The van der Waals surface area contributed by atoms with Gasteiger partial charge in [-0.1, -0.05) is 13.3 Å². The monoisotopic (exact) mass is 184 g/mol. The van der Waals surface area contributed by atoms with Gasteiger partial charge in [0, 0.05) is 12.6 Å². The summed E-state index contributed by atoms with van der Waals surface area (Å²) in [7, 11) is 2.04. The summed E-state index contributed by atoms with van der Waals surface area (Å²) < 4.78 is 0. The minimum absolute atomic E-state index is 0.711. The summed E-state index contributed by atoms with van der Waals surface area (Å²) in [6, 6.07) is 0.711. The molecule has 0 aliphatic carbocycles. The lowest BCUT2D eigenvalue weighted by Crippen LogP contribution is -2.44. The minimum Gasteiger partial charge on any atom is -0.318 e. The van der Waals surface area contributed by atoms with E-state index < -0.39 is 0 Å². The topological polar surface area (TPSA) is 15.3 Å². The average molecular weight is 184 g/mol. The van der Waals surface area contributed by atoms with Gasteiger partial charge in [-0.25, -0.2) is 0 Å². The molecule has 1 saturated heterocycles. The van der Waals surface area contributed by atoms with Crippen LogP contribution in [0.4, 0.5) is 0 Å². The van der Waals surface area contributed by atoms with Crippen molar-refractivity contribution < 1.29 is 0 Å². The van der Waals surface area contributed by atoms with Crippen molar-refractivity contribution >= 4 is 0 Å². The molecule has 78 valence electrons. The molecule has 0 aromatic rings. The molecule has 1 aliphatic rings. The van der Waals surface area contributed by atoms with Crippen LogP contribution in [0.25, 0.3) is 0 Å². The van der Waals surface area contributed by atoms with Crippen molar-refractivity contribution in [3.63, 3.8) is 0 Å². The van der Waals surface area contributed by atoms with Gasteiger partial charge in [0.1, 0.15) is 0 Å². The highest BCUT2D eigenvalue weighted by molar-refractivity contribution is 4.76. The van der Waals surface area contributed by atoms with Gasteiger partial charge < -0.3 is 5.32 Å². The van der Waals surface area contributed by atoms with Crippen molar-refractivity contribution in [1.29, 1.82) is 0 Å². The van der Waals surface area contributed by atoms with E-state index in [1.165, 1.54) is 32.4 Å². The number of hydrogen-bond acceptors (Lipinski definition) is 2. The van der Waals surface area contributed by atoms with E-state index >= 15 is 0 Å². The second kappa shape index (κ2) is 5.61. The molecule has 0 aromatic heterocycles. The lowest BCUT2D eigenvalue weighted by atomic mass is 9.94. The summed E-state index contributed by atoms with van der Waals surface area (Å²) in [6.45, 7) is 8.37. The first kappa shape index (κ1) is 11.0. The van der Waals surface area contributed by atoms with Crippen molar-refractivity contribution in [1.82, 2.24) is 10.2 Å². The molecule has 0 radical (unpaired) electrons. The number of rotatable bonds is 4. The number of nitrogens with one attached hydrogen (secondary N) is 1. The van der Waals surface area contributed by atoms with E-state index in [4.69, 9.17) is 0 Å². The third-order valence-corrected chi connectivity index (χ3v) is 3.35. The van der Waals surface area contributed by atoms with Crippen molar-refractivity contribution in [2.24, 2.45) is 5.92 Å². The molecule has 1 fully saturated rings. The highest BCUT2D eigenvalue weighted by atomic mass is 15.2. The minimum atomic E-state index is 0.711. The van der Waals surface area contributed by atoms with Crippen LogP contribution in [0.5, 0.6) is 0 Å². The third-order valence-electron chi connectivity index (χ3n) is 3.35. The SMILES string of the molecule is CCC1CCN(C(C)CNC)CC1. The van der Waals surface area contributed by atoms with Gasteiger partial charge in [-0.15, -0.1) is 0 Å². The Labute approximate surface area is 82.7 Å². The fourth-order valence-electron chi connectivity index (χ4n) is 2.23. The normalized spacial score (nSPS) is 23.3. The van der Waals surface area contributed by atoms with Crippen LogP contribution in [0, 0.1) is 5.92 Å². The van der Waals surface area contributed by atoms with Crippen LogP contribution in [0.3, 0.4) is 0 Å². The zero-order valence-corrected chi connectivity index (χ0v) is 9.34. The molecule has 13 heavy (non-hydrogen) atoms. The molecule has 1 unspecified atom stereocenters. The Morgan fingerprint density at radius 1 is 1.38 bits per heavy atom. The van der Waals surface area contributed by atoms with Gasteiger partial charge in [0.05, 0.1) is 0 Å². The first-order chi connectivity index (χ1) is 6.27. The molecule has 0 bridgehead atoms. The van der Waals surface area contributed by atoms with Crippen LogP contribution in [0.15, 0.2) is 0 Å². The maximum absolute atomic E-state index is 3.25. The Bertz CT molecular complexity index is 128. The van der Waals surface area contributed by atoms with Crippen LogP contribution in [0.1, 0.15) is 33.1 Å².